The van der Waals surface area contributed by atoms with Crippen LogP contribution in [0.1, 0.15) is 0 Å². The predicted octanol–water partition coefficient (Wildman–Crippen LogP) is 2.17. The number of H-pyrrole nitrogens is 1. The Morgan fingerprint density at radius 3 is 3.00 bits per heavy atom. The smallest absolute Gasteiger partial charge is 0.189 e. The number of methoxy groups -OCH3 is 1. The van der Waals surface area contributed by atoms with Crippen LogP contribution in [0.15, 0.2) is 30.5 Å². The molecule has 1 aromatic heterocycles. The van der Waals surface area contributed by atoms with Crippen molar-refractivity contribution in [2.75, 3.05) is 27.1 Å². The van der Waals surface area contributed by atoms with Gasteiger partial charge in [-0.1, -0.05) is 0 Å². The van der Waals surface area contributed by atoms with Crippen LogP contribution in [0.2, 0.25) is 0 Å². The monoisotopic (exact) mass is 221 g/mol. The summed E-state index contributed by atoms with van der Waals surface area (Å²) in [6, 6.07) is 7.91. The van der Waals surface area contributed by atoms with Crippen molar-refractivity contribution in [1.82, 2.24) is 4.98 Å². The van der Waals surface area contributed by atoms with Gasteiger partial charge in [0.2, 0.25) is 0 Å². The summed E-state index contributed by atoms with van der Waals surface area (Å²) in [7, 11) is 1.64. The molecule has 1 N–H and O–H groups in total. The maximum absolute atomic E-state index is 5.43. The van der Waals surface area contributed by atoms with Gasteiger partial charge in [0.05, 0.1) is 13.2 Å². The second-order valence-corrected chi connectivity index (χ2v) is 3.39. The fourth-order valence-corrected chi connectivity index (χ4v) is 1.43. The van der Waals surface area contributed by atoms with Gasteiger partial charge < -0.3 is 19.2 Å². The molecule has 0 fully saturated rings. The molecule has 0 bridgehead atoms. The summed E-state index contributed by atoms with van der Waals surface area (Å²) < 4.78 is 15.5. The number of fused-ring (bicyclic) bond motifs is 1. The Kier molecular flexibility index (Phi) is 3.80. The number of hydrogen-bond donors (Lipinski definition) is 1. The first-order valence-electron chi connectivity index (χ1n) is 5.17. The third kappa shape index (κ3) is 2.74. The van der Waals surface area contributed by atoms with Crippen molar-refractivity contribution in [3.63, 3.8) is 0 Å². The van der Waals surface area contributed by atoms with E-state index in [9.17, 15) is 0 Å². The number of aromatic nitrogens is 1. The van der Waals surface area contributed by atoms with E-state index in [-0.39, 0.29) is 6.79 Å². The van der Waals surface area contributed by atoms with E-state index in [1.165, 1.54) is 5.39 Å². The van der Waals surface area contributed by atoms with Gasteiger partial charge in [-0.2, -0.15) is 0 Å². The molecule has 0 aliphatic heterocycles. The van der Waals surface area contributed by atoms with Crippen molar-refractivity contribution >= 4 is 10.9 Å². The van der Waals surface area contributed by atoms with Gasteiger partial charge in [0.15, 0.2) is 6.79 Å². The molecule has 1 heterocycles. The fourth-order valence-electron chi connectivity index (χ4n) is 1.43. The molecule has 0 aliphatic rings. The number of benzene rings is 1. The van der Waals surface area contributed by atoms with Crippen molar-refractivity contribution in [2.24, 2.45) is 0 Å². The Morgan fingerprint density at radius 2 is 2.12 bits per heavy atom. The van der Waals surface area contributed by atoms with Crippen LogP contribution in [0.3, 0.4) is 0 Å². The van der Waals surface area contributed by atoms with Gasteiger partial charge in [-0.15, -0.1) is 0 Å². The van der Waals surface area contributed by atoms with E-state index in [1.807, 2.05) is 30.5 Å². The Balaban J connectivity index is 1.84. The average molecular weight is 221 g/mol. The molecule has 0 spiro atoms. The molecule has 1 aromatic carbocycles. The summed E-state index contributed by atoms with van der Waals surface area (Å²) in [5.74, 6) is 0.798. The molecule has 86 valence electrons. The van der Waals surface area contributed by atoms with Crippen LogP contribution in [0.4, 0.5) is 0 Å². The first-order chi connectivity index (χ1) is 7.90. The van der Waals surface area contributed by atoms with Crippen LogP contribution in [-0.4, -0.2) is 32.1 Å². The van der Waals surface area contributed by atoms with E-state index >= 15 is 0 Å². The van der Waals surface area contributed by atoms with Crippen LogP contribution < -0.4 is 4.74 Å². The van der Waals surface area contributed by atoms with Crippen molar-refractivity contribution in [3.8, 4) is 5.75 Å². The maximum atomic E-state index is 5.43. The number of aromatic amines is 1. The molecule has 0 aliphatic carbocycles. The van der Waals surface area contributed by atoms with Gasteiger partial charge in [0.1, 0.15) is 5.75 Å². The van der Waals surface area contributed by atoms with Gasteiger partial charge in [-0.05, 0) is 23.6 Å². The van der Waals surface area contributed by atoms with Crippen LogP contribution in [0, 0.1) is 0 Å². The topological polar surface area (TPSA) is 43.5 Å². The zero-order valence-corrected chi connectivity index (χ0v) is 9.23. The quantitative estimate of drug-likeness (QED) is 0.600. The molecule has 0 radical (unpaired) electrons. The van der Waals surface area contributed by atoms with Gasteiger partial charge in [0.25, 0.3) is 0 Å². The molecular weight excluding hydrogens is 206 g/mol. The van der Waals surface area contributed by atoms with E-state index in [0.717, 1.165) is 11.3 Å². The zero-order chi connectivity index (χ0) is 11.2. The average Bonchev–Trinajstić information content (AvgIpc) is 2.76. The van der Waals surface area contributed by atoms with Crippen molar-refractivity contribution < 1.29 is 14.2 Å². The summed E-state index contributed by atoms with van der Waals surface area (Å²) in [5.41, 5.74) is 1.06. The Morgan fingerprint density at radius 1 is 1.19 bits per heavy atom. The van der Waals surface area contributed by atoms with Gasteiger partial charge in [-0.3, -0.25) is 0 Å². The summed E-state index contributed by atoms with van der Waals surface area (Å²) in [6.07, 6.45) is 1.91. The predicted molar refractivity (Wildman–Crippen MR) is 61.6 cm³/mol. The van der Waals surface area contributed by atoms with Gasteiger partial charge in [0, 0.05) is 24.9 Å². The van der Waals surface area contributed by atoms with Gasteiger partial charge in [-0.25, -0.2) is 0 Å². The highest BCUT2D eigenvalue weighted by molar-refractivity contribution is 5.80. The van der Waals surface area contributed by atoms with E-state index < -0.39 is 0 Å². The van der Waals surface area contributed by atoms with Crippen molar-refractivity contribution in [2.45, 2.75) is 0 Å². The minimum atomic E-state index is 0.246. The van der Waals surface area contributed by atoms with Crippen LogP contribution >= 0.6 is 0 Å². The molecule has 2 rings (SSSR count). The number of ether oxygens (including phenoxy) is 3. The Hall–Kier alpha value is -1.52. The highest BCUT2D eigenvalue weighted by Crippen LogP contribution is 2.19. The van der Waals surface area contributed by atoms with Crippen molar-refractivity contribution in [3.05, 3.63) is 30.5 Å². The van der Waals surface area contributed by atoms with E-state index in [4.69, 9.17) is 14.2 Å². The van der Waals surface area contributed by atoms with Gasteiger partial charge >= 0.3 is 0 Å². The second kappa shape index (κ2) is 5.53. The lowest BCUT2D eigenvalue weighted by Gasteiger charge is -2.06. The first-order valence-corrected chi connectivity index (χ1v) is 5.17. The molecule has 4 heteroatoms. The Labute approximate surface area is 94.1 Å². The molecule has 0 unspecified atom stereocenters. The SMILES string of the molecule is COCCOCOc1ccc2cc[nH]c2c1. The summed E-state index contributed by atoms with van der Waals surface area (Å²) in [4.78, 5) is 3.13. The Bertz CT molecular complexity index is 439. The largest absolute Gasteiger partial charge is 0.467 e. The van der Waals surface area contributed by atoms with Crippen molar-refractivity contribution in [1.29, 1.82) is 0 Å². The lowest BCUT2D eigenvalue weighted by Crippen LogP contribution is -2.07. The van der Waals surface area contributed by atoms with E-state index in [1.54, 1.807) is 7.11 Å². The highest BCUT2D eigenvalue weighted by Gasteiger charge is 1.97. The number of rotatable bonds is 6. The molecule has 0 amide bonds. The van der Waals surface area contributed by atoms with Crippen LogP contribution in [0.25, 0.3) is 10.9 Å². The summed E-state index contributed by atoms with van der Waals surface area (Å²) in [5, 5.41) is 1.17. The molecule has 0 atom stereocenters. The summed E-state index contributed by atoms with van der Waals surface area (Å²) in [6.45, 7) is 1.37. The van der Waals surface area contributed by atoms with Crippen LogP contribution in [0.5, 0.6) is 5.75 Å². The standard InChI is InChI=1S/C12H15NO3/c1-14-6-7-15-9-16-11-3-2-10-4-5-13-12(10)8-11/h2-5,8,13H,6-7,9H2,1H3. The molecule has 2 aromatic rings. The van der Waals surface area contributed by atoms with E-state index in [2.05, 4.69) is 4.98 Å². The number of nitrogens with one attached hydrogen (secondary N) is 1. The maximum Gasteiger partial charge on any atom is 0.189 e. The third-order valence-electron chi connectivity index (χ3n) is 2.27. The third-order valence-corrected chi connectivity index (χ3v) is 2.27. The minimum Gasteiger partial charge on any atom is -0.467 e. The minimum absolute atomic E-state index is 0.246. The lowest BCUT2D eigenvalue weighted by molar-refractivity contribution is -0.00841. The molecule has 4 nitrogen and oxygen atoms in total. The number of hydrogen-bond acceptors (Lipinski definition) is 3. The first kappa shape index (κ1) is 11.0. The lowest BCUT2D eigenvalue weighted by atomic mass is 10.2. The molecular formula is C12H15NO3. The van der Waals surface area contributed by atoms with Crippen LogP contribution in [-0.2, 0) is 9.47 Å². The normalized spacial score (nSPS) is 10.8. The summed E-state index contributed by atoms with van der Waals surface area (Å²) >= 11 is 0. The zero-order valence-electron chi connectivity index (χ0n) is 9.23. The molecule has 16 heavy (non-hydrogen) atoms. The fraction of sp³-hybridized carbons (Fsp3) is 0.333. The van der Waals surface area contributed by atoms with E-state index in [0.29, 0.717) is 13.2 Å². The second-order valence-electron chi connectivity index (χ2n) is 3.39. The molecule has 0 saturated heterocycles. The highest BCUT2D eigenvalue weighted by atomic mass is 16.7. The molecule has 0 saturated carbocycles.